The molecule has 0 radical (unpaired) electrons. The van der Waals surface area contributed by atoms with Crippen LogP contribution in [0.2, 0.25) is 0 Å². The van der Waals surface area contributed by atoms with Gasteiger partial charge in [0, 0.05) is 36.4 Å². The summed E-state index contributed by atoms with van der Waals surface area (Å²) in [6.45, 7) is 0.261. The highest BCUT2D eigenvalue weighted by Gasteiger charge is 2.42. The van der Waals surface area contributed by atoms with Gasteiger partial charge in [0.1, 0.15) is 30.8 Å². The number of aromatic nitrogens is 1. The molecule has 0 saturated carbocycles. The third kappa shape index (κ3) is 10.3. The van der Waals surface area contributed by atoms with E-state index >= 15 is 0 Å². The Morgan fingerprint density at radius 1 is 0.926 bits per heavy atom. The van der Waals surface area contributed by atoms with Crippen molar-refractivity contribution in [1.29, 1.82) is 0 Å². The predicted molar refractivity (Wildman–Crippen MR) is 199 cm³/mol. The number of unbranched alkanes of at least 4 members (excludes halogenated alkanes) is 1. The van der Waals surface area contributed by atoms with Crippen molar-refractivity contribution in [2.75, 3.05) is 13.7 Å². The fourth-order valence-corrected chi connectivity index (χ4v) is 6.49. The number of H-pyrrole nitrogens is 1. The van der Waals surface area contributed by atoms with E-state index in [2.05, 4.69) is 20.9 Å². The van der Waals surface area contributed by atoms with Gasteiger partial charge in [-0.3, -0.25) is 24.1 Å². The maximum absolute atomic E-state index is 14.5. The smallest absolute Gasteiger partial charge is 0.408 e. The number of ether oxygens (including phenoxy) is 2. The van der Waals surface area contributed by atoms with Crippen molar-refractivity contribution < 1.29 is 38.2 Å². The summed E-state index contributed by atoms with van der Waals surface area (Å²) < 4.78 is 10.4. The number of nitrogens with zero attached hydrogens (tertiary/aromatic N) is 1. The van der Waals surface area contributed by atoms with Crippen LogP contribution >= 0.6 is 0 Å². The first-order valence-corrected chi connectivity index (χ1v) is 18.0. The number of methoxy groups -OCH3 is 1. The molecule has 1 fully saturated rings. The van der Waals surface area contributed by atoms with Gasteiger partial charge in [0.2, 0.25) is 17.7 Å². The second-order valence-corrected chi connectivity index (χ2v) is 13.1. The first-order chi connectivity index (χ1) is 26.2. The van der Waals surface area contributed by atoms with E-state index in [1.807, 2.05) is 30.3 Å². The Morgan fingerprint density at radius 3 is 2.31 bits per heavy atom. The molecule has 0 aliphatic carbocycles. The summed E-state index contributed by atoms with van der Waals surface area (Å²) in [6, 6.07) is 20.3. The Labute approximate surface area is 313 Å². The number of benzene rings is 3. The fourth-order valence-electron chi connectivity index (χ4n) is 6.49. The monoisotopic (exact) mass is 738 g/mol. The highest BCUT2D eigenvalue weighted by atomic mass is 16.5. The maximum Gasteiger partial charge on any atom is 0.408 e. The van der Waals surface area contributed by atoms with E-state index in [4.69, 9.17) is 15.2 Å². The van der Waals surface area contributed by atoms with Gasteiger partial charge in [-0.25, -0.2) is 9.59 Å². The summed E-state index contributed by atoms with van der Waals surface area (Å²) >= 11 is 0. The number of nitrogens with two attached hydrogens (primary N) is 1. The Morgan fingerprint density at radius 2 is 1.61 bits per heavy atom. The van der Waals surface area contributed by atoms with E-state index in [9.17, 15) is 28.8 Å². The average molecular weight is 739 g/mol. The first-order valence-electron chi connectivity index (χ1n) is 18.0. The topological polar surface area (TPSA) is 202 Å². The molecule has 3 aromatic carbocycles. The van der Waals surface area contributed by atoms with Crippen molar-refractivity contribution in [2.45, 2.75) is 75.7 Å². The van der Waals surface area contributed by atoms with E-state index in [0.717, 1.165) is 26.9 Å². The van der Waals surface area contributed by atoms with E-state index in [1.54, 1.807) is 60.8 Å². The van der Waals surface area contributed by atoms with Gasteiger partial charge in [-0.2, -0.15) is 0 Å². The van der Waals surface area contributed by atoms with Crippen molar-refractivity contribution in [3.05, 3.63) is 108 Å². The highest BCUT2D eigenvalue weighted by Crippen LogP contribution is 2.22. The van der Waals surface area contributed by atoms with Gasteiger partial charge < -0.3 is 36.1 Å². The number of alkyl carbamates (subject to hydrolysis) is 1. The van der Waals surface area contributed by atoms with E-state index < -0.39 is 59.9 Å². The largest absolute Gasteiger partial charge is 0.467 e. The number of carbonyl (C=O) groups is 6. The van der Waals surface area contributed by atoms with Crippen molar-refractivity contribution in [3.63, 3.8) is 0 Å². The molecule has 14 nitrogen and oxygen atoms in total. The Hall–Kier alpha value is -6.02. The minimum absolute atomic E-state index is 0.0111. The van der Waals surface area contributed by atoms with Crippen LogP contribution in [0.3, 0.4) is 0 Å². The van der Waals surface area contributed by atoms with E-state index in [0.29, 0.717) is 24.9 Å². The van der Waals surface area contributed by atoms with Gasteiger partial charge in [0.05, 0.1) is 7.11 Å². The van der Waals surface area contributed by atoms with E-state index in [1.165, 1.54) is 7.11 Å². The first kappa shape index (κ1) is 39.2. The lowest BCUT2D eigenvalue weighted by molar-refractivity contribution is -0.154. The van der Waals surface area contributed by atoms with Gasteiger partial charge in [-0.05, 0) is 55.0 Å². The fraction of sp³-hybridized carbons (Fsp3) is 0.350. The van der Waals surface area contributed by atoms with Crippen LogP contribution in [0.5, 0.6) is 0 Å². The van der Waals surface area contributed by atoms with Gasteiger partial charge in [0.25, 0.3) is 5.91 Å². The van der Waals surface area contributed by atoms with Crippen molar-refractivity contribution in [2.24, 2.45) is 5.73 Å². The van der Waals surface area contributed by atoms with Crippen LogP contribution in [0.1, 0.15) is 48.8 Å². The third-order valence-corrected chi connectivity index (χ3v) is 9.32. The molecular formula is C40H46N6O8. The molecule has 1 aliphatic rings. The SMILES string of the molecule is COC(=O)[C@H](Cc1c[nH]c2ccccc12)NC(=O)[C@H](CCCCN)N1C(=O)CC[C@@H](NC(=O)OCc2ccccc2)C(=O)N[C@H](Cc2ccccc2)C1=O. The zero-order valence-corrected chi connectivity index (χ0v) is 30.1. The summed E-state index contributed by atoms with van der Waals surface area (Å²) in [4.78, 5) is 86.7. The highest BCUT2D eigenvalue weighted by molar-refractivity contribution is 6.05. The lowest BCUT2D eigenvalue weighted by Gasteiger charge is -2.33. The van der Waals surface area contributed by atoms with Gasteiger partial charge >= 0.3 is 12.1 Å². The summed E-state index contributed by atoms with van der Waals surface area (Å²) in [5.74, 6) is -3.67. The number of fused-ring (bicyclic) bond motifs is 1. The third-order valence-electron chi connectivity index (χ3n) is 9.32. The van der Waals surface area contributed by atoms with Crippen molar-refractivity contribution >= 4 is 46.6 Å². The zero-order valence-electron chi connectivity index (χ0n) is 30.1. The second kappa shape index (κ2) is 19.2. The van der Waals surface area contributed by atoms with Crippen LogP contribution in [0.25, 0.3) is 10.9 Å². The average Bonchev–Trinajstić information content (AvgIpc) is 3.61. The molecule has 0 bridgehead atoms. The zero-order chi connectivity index (χ0) is 38.5. The number of para-hydroxylation sites is 1. The lowest BCUT2D eigenvalue weighted by atomic mass is 10.00. The molecule has 4 atom stereocenters. The molecular weight excluding hydrogens is 692 g/mol. The molecule has 14 heteroatoms. The Bertz CT molecular complexity index is 1920. The number of esters is 1. The number of imide groups is 1. The summed E-state index contributed by atoms with van der Waals surface area (Å²) in [7, 11) is 1.21. The number of rotatable bonds is 15. The molecule has 5 amide bonds. The minimum atomic E-state index is -1.36. The molecule has 0 unspecified atom stereocenters. The van der Waals surface area contributed by atoms with Gasteiger partial charge in [-0.1, -0.05) is 78.9 Å². The number of carbonyl (C=O) groups excluding carboxylic acids is 6. The van der Waals surface area contributed by atoms with Crippen LogP contribution in [0.4, 0.5) is 4.79 Å². The lowest BCUT2D eigenvalue weighted by Crippen LogP contribution is -2.60. The predicted octanol–water partition coefficient (Wildman–Crippen LogP) is 3.04. The number of hydrogen-bond acceptors (Lipinski definition) is 9. The number of amides is 5. The number of hydrogen-bond donors (Lipinski definition) is 5. The van der Waals surface area contributed by atoms with Crippen LogP contribution in [-0.2, 0) is 52.9 Å². The number of nitrogens with one attached hydrogen (secondary N) is 4. The Balaban J connectivity index is 1.42. The van der Waals surface area contributed by atoms with Crippen LogP contribution in [-0.4, -0.2) is 83.4 Å². The minimum Gasteiger partial charge on any atom is -0.467 e. The van der Waals surface area contributed by atoms with Crippen molar-refractivity contribution in [1.82, 2.24) is 25.8 Å². The van der Waals surface area contributed by atoms with E-state index in [-0.39, 0.29) is 38.7 Å². The van der Waals surface area contributed by atoms with Gasteiger partial charge in [-0.15, -0.1) is 0 Å². The molecule has 4 aromatic rings. The summed E-state index contributed by atoms with van der Waals surface area (Å²) in [5.41, 5.74) is 8.80. The van der Waals surface area contributed by atoms with Gasteiger partial charge in [0.15, 0.2) is 0 Å². The molecule has 284 valence electrons. The molecule has 1 saturated heterocycles. The quantitative estimate of drug-likeness (QED) is 0.0691. The normalized spacial score (nSPS) is 17.4. The summed E-state index contributed by atoms with van der Waals surface area (Å²) in [6.07, 6.45) is 1.30. The molecule has 54 heavy (non-hydrogen) atoms. The molecule has 1 aliphatic heterocycles. The molecule has 6 N–H and O–H groups in total. The molecule has 5 rings (SSSR count). The van der Waals surface area contributed by atoms with Crippen LogP contribution in [0.15, 0.2) is 91.1 Å². The molecule has 1 aromatic heterocycles. The second-order valence-electron chi connectivity index (χ2n) is 13.1. The number of aromatic amines is 1. The summed E-state index contributed by atoms with van der Waals surface area (Å²) in [5, 5.41) is 8.89. The molecule has 2 heterocycles. The van der Waals surface area contributed by atoms with Crippen LogP contribution in [0, 0.1) is 0 Å². The van der Waals surface area contributed by atoms with Crippen molar-refractivity contribution in [3.8, 4) is 0 Å². The standard InChI is InChI=1S/C40H46N6O8/c1-53-39(51)33(23-28-24-42-30-17-9-8-16-29(28)30)44-37(49)34(18-10-11-21-41)46-35(47)20-19-31(45-40(52)54-25-27-14-6-3-7-15-27)36(48)43-32(38(46)50)22-26-12-4-2-5-13-26/h2-9,12-17,24,31-34,42H,10-11,18-23,25,41H2,1H3,(H,43,48)(H,44,49)(H,45,52)/t31-,32-,33+,34+/m1/s1. The maximum atomic E-state index is 14.5. The Kier molecular flexibility index (Phi) is 13.9. The van der Waals surface area contributed by atoms with Crippen LogP contribution < -0.4 is 21.7 Å². The molecule has 0 spiro atoms.